The first-order valence-corrected chi connectivity index (χ1v) is 8.86. The van der Waals surface area contributed by atoms with E-state index in [4.69, 9.17) is 0 Å². The lowest BCUT2D eigenvalue weighted by molar-refractivity contribution is 0.0671. The van der Waals surface area contributed by atoms with Gasteiger partial charge in [0.15, 0.2) is 0 Å². The number of hydrogen-bond donors (Lipinski definition) is 0. The molecule has 0 N–H and O–H groups in total. The van der Waals surface area contributed by atoms with E-state index in [-0.39, 0.29) is 11.9 Å². The van der Waals surface area contributed by atoms with Gasteiger partial charge in [0, 0.05) is 25.2 Å². The van der Waals surface area contributed by atoms with Gasteiger partial charge in [0.1, 0.15) is 11.6 Å². The van der Waals surface area contributed by atoms with Crippen LogP contribution in [-0.4, -0.2) is 57.7 Å². The third-order valence-electron chi connectivity index (χ3n) is 4.64. The Morgan fingerprint density at radius 3 is 2.56 bits per heavy atom. The topological polar surface area (TPSA) is 54.3 Å². The van der Waals surface area contributed by atoms with Crippen LogP contribution in [0.1, 0.15) is 46.5 Å². The molecule has 1 aliphatic heterocycles. The van der Waals surface area contributed by atoms with Crippen molar-refractivity contribution >= 4 is 5.91 Å². The molecule has 1 aromatic heterocycles. The van der Waals surface area contributed by atoms with Crippen LogP contribution < -0.4 is 0 Å². The molecule has 2 heterocycles. The van der Waals surface area contributed by atoms with Crippen LogP contribution in [0.5, 0.6) is 0 Å². The second-order valence-corrected chi connectivity index (χ2v) is 7.13. The second kappa shape index (κ2) is 7.35. The largest absolute Gasteiger partial charge is 0.337 e. The fraction of sp³-hybridized carbons (Fsp3) is 0.526. The highest BCUT2D eigenvalue weighted by Gasteiger charge is 2.27. The van der Waals surface area contributed by atoms with Gasteiger partial charge in [-0.2, -0.15) is 5.10 Å². The SMILES string of the molecule is Cc1nc(C)n([C@H]2CCCN(C(=O)c3ccc(CN(C)C)cc3)C2)n1. The number of piperidine rings is 1. The molecule has 1 atom stereocenters. The van der Waals surface area contributed by atoms with Gasteiger partial charge in [0.05, 0.1) is 6.04 Å². The Kier molecular flexibility index (Phi) is 5.18. The van der Waals surface area contributed by atoms with Crippen molar-refractivity contribution in [3.8, 4) is 0 Å². The Balaban J connectivity index is 1.70. The molecule has 1 amide bonds. The summed E-state index contributed by atoms with van der Waals surface area (Å²) in [5, 5.41) is 4.50. The van der Waals surface area contributed by atoms with E-state index in [0.29, 0.717) is 6.54 Å². The van der Waals surface area contributed by atoms with Crippen molar-refractivity contribution in [3.63, 3.8) is 0 Å². The number of aryl methyl sites for hydroxylation is 2. The summed E-state index contributed by atoms with van der Waals surface area (Å²) in [6.07, 6.45) is 2.03. The zero-order valence-corrected chi connectivity index (χ0v) is 15.6. The number of carbonyl (C=O) groups excluding carboxylic acids is 1. The fourth-order valence-corrected chi connectivity index (χ4v) is 3.52. The lowest BCUT2D eigenvalue weighted by Gasteiger charge is -2.33. The molecule has 0 spiro atoms. The van der Waals surface area contributed by atoms with E-state index in [2.05, 4.69) is 15.0 Å². The summed E-state index contributed by atoms with van der Waals surface area (Å²) in [4.78, 5) is 21.3. The number of amides is 1. The first-order valence-electron chi connectivity index (χ1n) is 8.86. The molecule has 1 fully saturated rings. The smallest absolute Gasteiger partial charge is 0.253 e. The monoisotopic (exact) mass is 341 g/mol. The lowest BCUT2D eigenvalue weighted by Crippen LogP contribution is -2.41. The summed E-state index contributed by atoms with van der Waals surface area (Å²) in [5.74, 6) is 1.82. The summed E-state index contributed by atoms with van der Waals surface area (Å²) in [7, 11) is 4.08. The number of hydrogen-bond acceptors (Lipinski definition) is 4. The highest BCUT2D eigenvalue weighted by molar-refractivity contribution is 5.94. The number of carbonyl (C=O) groups is 1. The average Bonchev–Trinajstić information content (AvgIpc) is 2.93. The molecule has 0 unspecified atom stereocenters. The van der Waals surface area contributed by atoms with Crippen molar-refractivity contribution in [1.29, 1.82) is 0 Å². The molecule has 0 radical (unpaired) electrons. The van der Waals surface area contributed by atoms with E-state index in [0.717, 1.165) is 43.1 Å². The highest BCUT2D eigenvalue weighted by atomic mass is 16.2. The van der Waals surface area contributed by atoms with Crippen molar-refractivity contribution in [2.45, 2.75) is 39.3 Å². The zero-order chi connectivity index (χ0) is 18.0. The number of nitrogens with zero attached hydrogens (tertiary/aromatic N) is 5. The van der Waals surface area contributed by atoms with Crippen LogP contribution in [-0.2, 0) is 6.54 Å². The third kappa shape index (κ3) is 4.07. The van der Waals surface area contributed by atoms with Gasteiger partial charge in [-0.3, -0.25) is 4.79 Å². The summed E-state index contributed by atoms with van der Waals surface area (Å²) in [6, 6.07) is 8.18. The van der Waals surface area contributed by atoms with Crippen molar-refractivity contribution < 1.29 is 4.79 Å². The molecule has 1 saturated heterocycles. The molecule has 0 bridgehead atoms. The molecular weight excluding hydrogens is 314 g/mol. The first-order chi connectivity index (χ1) is 11.9. The minimum Gasteiger partial charge on any atom is -0.337 e. The predicted molar refractivity (Wildman–Crippen MR) is 97.5 cm³/mol. The quantitative estimate of drug-likeness (QED) is 0.857. The van der Waals surface area contributed by atoms with Crippen LogP contribution >= 0.6 is 0 Å². The van der Waals surface area contributed by atoms with Crippen molar-refractivity contribution in [2.75, 3.05) is 27.2 Å². The average molecular weight is 341 g/mol. The van der Waals surface area contributed by atoms with E-state index in [9.17, 15) is 4.79 Å². The molecule has 3 rings (SSSR count). The van der Waals surface area contributed by atoms with Gasteiger partial charge in [-0.05, 0) is 58.5 Å². The predicted octanol–water partition coefficient (Wildman–Crippen LogP) is 2.43. The first kappa shape index (κ1) is 17.6. The second-order valence-electron chi connectivity index (χ2n) is 7.13. The maximum Gasteiger partial charge on any atom is 0.253 e. The van der Waals surface area contributed by atoms with Gasteiger partial charge in [0.25, 0.3) is 5.91 Å². The molecule has 1 aromatic carbocycles. The van der Waals surface area contributed by atoms with E-state index >= 15 is 0 Å². The van der Waals surface area contributed by atoms with Gasteiger partial charge in [-0.15, -0.1) is 0 Å². The highest BCUT2D eigenvalue weighted by Crippen LogP contribution is 2.23. The van der Waals surface area contributed by atoms with Crippen molar-refractivity contribution in [1.82, 2.24) is 24.6 Å². The van der Waals surface area contributed by atoms with E-state index < -0.39 is 0 Å². The van der Waals surface area contributed by atoms with Crippen molar-refractivity contribution in [3.05, 3.63) is 47.0 Å². The molecule has 0 aliphatic carbocycles. The Morgan fingerprint density at radius 2 is 1.96 bits per heavy atom. The summed E-state index contributed by atoms with van der Waals surface area (Å²) < 4.78 is 1.98. The van der Waals surface area contributed by atoms with Crippen molar-refractivity contribution in [2.24, 2.45) is 0 Å². The molecule has 6 heteroatoms. The van der Waals surface area contributed by atoms with Crippen LogP contribution in [0, 0.1) is 13.8 Å². The number of aromatic nitrogens is 3. The van der Waals surface area contributed by atoms with E-state index in [1.54, 1.807) is 0 Å². The molecule has 2 aromatic rings. The number of benzene rings is 1. The van der Waals surface area contributed by atoms with Gasteiger partial charge in [-0.1, -0.05) is 12.1 Å². The Morgan fingerprint density at radius 1 is 1.24 bits per heavy atom. The van der Waals surface area contributed by atoms with Crippen LogP contribution in [0.15, 0.2) is 24.3 Å². The molecule has 6 nitrogen and oxygen atoms in total. The summed E-state index contributed by atoms with van der Waals surface area (Å²) >= 11 is 0. The fourth-order valence-electron chi connectivity index (χ4n) is 3.52. The maximum absolute atomic E-state index is 12.9. The molecule has 134 valence electrons. The number of rotatable bonds is 4. The Labute approximate surface area is 149 Å². The van der Waals surface area contributed by atoms with Crippen LogP contribution in [0.25, 0.3) is 0 Å². The lowest BCUT2D eigenvalue weighted by atomic mass is 10.0. The molecule has 25 heavy (non-hydrogen) atoms. The Bertz CT molecular complexity index is 735. The normalized spacial score (nSPS) is 18.0. The van der Waals surface area contributed by atoms with Gasteiger partial charge < -0.3 is 9.80 Å². The minimum atomic E-state index is 0.107. The van der Waals surface area contributed by atoms with Gasteiger partial charge in [0.2, 0.25) is 0 Å². The molecule has 0 saturated carbocycles. The van der Waals surface area contributed by atoms with Gasteiger partial charge in [-0.25, -0.2) is 9.67 Å². The minimum absolute atomic E-state index is 0.107. The zero-order valence-electron chi connectivity index (χ0n) is 15.6. The summed E-state index contributed by atoms with van der Waals surface area (Å²) in [5.41, 5.74) is 1.97. The molecule has 1 aliphatic rings. The maximum atomic E-state index is 12.9. The summed E-state index contributed by atoms with van der Waals surface area (Å²) in [6.45, 7) is 6.27. The molecular formula is C19H27N5O. The van der Waals surface area contributed by atoms with Crippen LogP contribution in [0.3, 0.4) is 0 Å². The number of likely N-dealkylation sites (tertiary alicyclic amines) is 1. The van der Waals surface area contributed by atoms with E-state index in [1.165, 1.54) is 5.56 Å². The van der Waals surface area contributed by atoms with Crippen LogP contribution in [0.4, 0.5) is 0 Å². The van der Waals surface area contributed by atoms with Gasteiger partial charge >= 0.3 is 0 Å². The third-order valence-corrected chi connectivity index (χ3v) is 4.64. The van der Waals surface area contributed by atoms with Crippen LogP contribution in [0.2, 0.25) is 0 Å². The van der Waals surface area contributed by atoms with E-state index in [1.807, 2.05) is 61.8 Å². The Hall–Kier alpha value is -2.21. The standard InChI is InChI=1S/C19H27N5O/c1-14-20-15(2)24(21-14)18-6-5-11-23(13-18)19(25)17-9-7-16(8-10-17)12-22(3)4/h7-10,18H,5-6,11-13H2,1-4H3/t18-/m0/s1.